The molecule has 0 bridgehead atoms. The Labute approximate surface area is 223 Å². The first-order chi connectivity index (χ1) is 18.9. The molecule has 1 amide bonds. The van der Waals surface area contributed by atoms with Gasteiger partial charge in [-0.2, -0.15) is 15.1 Å². The number of aryl methyl sites for hydroxylation is 2. The zero-order valence-electron chi connectivity index (χ0n) is 21.4. The molecule has 0 saturated carbocycles. The molecular formula is C28H25N7O4. The van der Waals surface area contributed by atoms with Gasteiger partial charge in [0.1, 0.15) is 22.7 Å². The lowest BCUT2D eigenvalue weighted by atomic mass is 10.0. The van der Waals surface area contributed by atoms with Crippen LogP contribution >= 0.6 is 0 Å². The number of aliphatic imine (C=N–C) groups is 1. The maximum Gasteiger partial charge on any atom is 0.260 e. The van der Waals surface area contributed by atoms with Gasteiger partial charge in [0.25, 0.3) is 5.91 Å². The number of aliphatic hydroxyl groups is 1. The number of aliphatic hydroxyl groups excluding tert-OH is 1. The van der Waals surface area contributed by atoms with Gasteiger partial charge >= 0.3 is 0 Å². The number of nitrogens with two attached hydrogens (primary N) is 1. The SMILES string of the molecule is CN=C/C(=C/O)C(=O)Nc1ccc(Oc2nc(C)nc3oc(-c4cnn(C)c4)c(-c4cccc(N)c4)c23)cc1. The minimum Gasteiger partial charge on any atom is -0.515 e. The zero-order valence-corrected chi connectivity index (χ0v) is 21.4. The van der Waals surface area contributed by atoms with Crippen molar-refractivity contribution in [2.45, 2.75) is 6.92 Å². The molecule has 0 aliphatic rings. The second-order valence-corrected chi connectivity index (χ2v) is 8.64. The van der Waals surface area contributed by atoms with E-state index in [0.29, 0.717) is 52.0 Å². The van der Waals surface area contributed by atoms with Gasteiger partial charge < -0.3 is 25.3 Å². The van der Waals surface area contributed by atoms with Crippen LogP contribution in [-0.4, -0.2) is 44.0 Å². The van der Waals surface area contributed by atoms with Crippen molar-refractivity contribution in [3.8, 4) is 34.1 Å². The fraction of sp³-hybridized carbons (Fsp3) is 0.107. The Bertz CT molecular complexity index is 1730. The van der Waals surface area contributed by atoms with E-state index in [2.05, 4.69) is 25.4 Å². The summed E-state index contributed by atoms with van der Waals surface area (Å²) in [6.45, 7) is 1.75. The van der Waals surface area contributed by atoms with Crippen molar-refractivity contribution in [3.63, 3.8) is 0 Å². The molecule has 0 aliphatic heterocycles. The van der Waals surface area contributed by atoms with Crippen molar-refractivity contribution in [1.82, 2.24) is 19.7 Å². The number of aromatic nitrogens is 4. The Hall–Kier alpha value is -5.45. The van der Waals surface area contributed by atoms with E-state index in [4.69, 9.17) is 14.9 Å². The van der Waals surface area contributed by atoms with E-state index < -0.39 is 5.91 Å². The monoisotopic (exact) mass is 523 g/mol. The first-order valence-corrected chi connectivity index (χ1v) is 11.9. The minimum atomic E-state index is -0.502. The number of fused-ring (bicyclic) bond motifs is 1. The van der Waals surface area contributed by atoms with Gasteiger partial charge in [-0.15, -0.1) is 0 Å². The molecule has 0 atom stereocenters. The fourth-order valence-electron chi connectivity index (χ4n) is 4.07. The topological polar surface area (TPSA) is 154 Å². The molecule has 5 rings (SSSR count). The average Bonchev–Trinajstić information content (AvgIpc) is 3.51. The highest BCUT2D eigenvalue weighted by Crippen LogP contribution is 2.44. The third-order valence-corrected chi connectivity index (χ3v) is 5.77. The summed E-state index contributed by atoms with van der Waals surface area (Å²) in [4.78, 5) is 25.2. The highest BCUT2D eigenvalue weighted by atomic mass is 16.5. The molecular weight excluding hydrogens is 498 g/mol. The second-order valence-electron chi connectivity index (χ2n) is 8.64. The van der Waals surface area contributed by atoms with Gasteiger partial charge in [-0.25, -0.2) is 0 Å². The Kier molecular flexibility index (Phi) is 6.79. The van der Waals surface area contributed by atoms with Crippen LogP contribution in [0.5, 0.6) is 11.6 Å². The number of anilines is 2. The molecule has 0 spiro atoms. The van der Waals surface area contributed by atoms with Crippen LogP contribution in [0, 0.1) is 6.92 Å². The predicted octanol–water partition coefficient (Wildman–Crippen LogP) is 5.05. The van der Waals surface area contributed by atoms with Gasteiger partial charge in [-0.3, -0.25) is 14.5 Å². The molecule has 0 saturated heterocycles. The highest BCUT2D eigenvalue weighted by molar-refractivity contribution is 6.17. The molecule has 11 nitrogen and oxygen atoms in total. The van der Waals surface area contributed by atoms with E-state index in [1.165, 1.54) is 13.3 Å². The maximum atomic E-state index is 12.3. The lowest BCUT2D eigenvalue weighted by Crippen LogP contribution is -2.15. The Balaban J connectivity index is 1.56. The van der Waals surface area contributed by atoms with Crippen LogP contribution in [0.3, 0.4) is 0 Å². The van der Waals surface area contributed by atoms with Crippen molar-refractivity contribution in [3.05, 3.63) is 78.6 Å². The Morgan fingerprint density at radius 1 is 1.18 bits per heavy atom. The van der Waals surface area contributed by atoms with Crippen molar-refractivity contribution in [2.24, 2.45) is 12.0 Å². The lowest BCUT2D eigenvalue weighted by molar-refractivity contribution is -0.112. The summed E-state index contributed by atoms with van der Waals surface area (Å²) in [6.07, 6.45) is 5.53. The summed E-state index contributed by atoms with van der Waals surface area (Å²) in [5, 5.41) is 16.8. The Morgan fingerprint density at radius 3 is 2.64 bits per heavy atom. The molecule has 0 unspecified atom stereocenters. The van der Waals surface area contributed by atoms with Gasteiger partial charge in [-0.1, -0.05) is 12.1 Å². The van der Waals surface area contributed by atoms with Crippen LogP contribution in [0.2, 0.25) is 0 Å². The number of carbonyl (C=O) groups excluding carboxylic acids is 1. The standard InChI is InChI=1S/C28H25N7O4/c1-16-32-27(38-22-9-7-21(8-10-22)34-26(37)19(15-36)12-30-2)24-23(17-5-4-6-20(29)11-17)25(39-28(24)33-16)18-13-31-35(3)14-18/h4-15,36H,29H2,1-3H3,(H,34,37)/b19-15-,30-12?. The highest BCUT2D eigenvalue weighted by Gasteiger charge is 2.25. The van der Waals surface area contributed by atoms with Crippen molar-refractivity contribution in [1.29, 1.82) is 0 Å². The van der Waals surface area contributed by atoms with E-state index in [9.17, 15) is 9.90 Å². The van der Waals surface area contributed by atoms with E-state index in [0.717, 1.165) is 16.7 Å². The molecule has 39 heavy (non-hydrogen) atoms. The first-order valence-electron chi connectivity index (χ1n) is 11.9. The quantitative estimate of drug-likeness (QED) is 0.116. The number of nitrogen functional groups attached to an aromatic ring is 1. The van der Waals surface area contributed by atoms with Gasteiger partial charge in [-0.05, 0) is 48.9 Å². The average molecular weight is 524 g/mol. The lowest BCUT2D eigenvalue weighted by Gasteiger charge is -2.10. The number of furan rings is 1. The molecule has 3 aromatic heterocycles. The largest absolute Gasteiger partial charge is 0.515 e. The molecule has 2 aromatic carbocycles. The summed E-state index contributed by atoms with van der Waals surface area (Å²) in [5.74, 6) is 1.30. The summed E-state index contributed by atoms with van der Waals surface area (Å²) >= 11 is 0. The van der Waals surface area contributed by atoms with Crippen molar-refractivity contribution >= 4 is 34.6 Å². The Morgan fingerprint density at radius 2 is 1.97 bits per heavy atom. The van der Waals surface area contributed by atoms with Crippen LogP contribution in [0.25, 0.3) is 33.6 Å². The molecule has 0 aliphatic carbocycles. The van der Waals surface area contributed by atoms with Crippen LogP contribution in [-0.2, 0) is 11.8 Å². The van der Waals surface area contributed by atoms with Gasteiger partial charge in [0.05, 0.1) is 23.6 Å². The number of hydrogen-bond donors (Lipinski definition) is 3. The normalized spacial score (nSPS) is 11.8. The number of benzene rings is 2. The smallest absolute Gasteiger partial charge is 0.260 e. The molecule has 0 radical (unpaired) electrons. The number of ether oxygens (including phenoxy) is 1. The summed E-state index contributed by atoms with van der Waals surface area (Å²) in [5.41, 5.74) is 9.90. The third-order valence-electron chi connectivity index (χ3n) is 5.77. The van der Waals surface area contributed by atoms with Crippen molar-refractivity contribution in [2.75, 3.05) is 18.1 Å². The number of rotatable bonds is 7. The number of carbonyl (C=O) groups is 1. The van der Waals surface area contributed by atoms with Gasteiger partial charge in [0, 0.05) is 43.4 Å². The predicted molar refractivity (Wildman–Crippen MR) is 149 cm³/mol. The van der Waals surface area contributed by atoms with E-state index in [1.807, 2.05) is 37.5 Å². The number of amides is 1. The number of nitrogens with one attached hydrogen (secondary N) is 1. The molecule has 3 heterocycles. The summed E-state index contributed by atoms with van der Waals surface area (Å²) < 4.78 is 14.2. The van der Waals surface area contributed by atoms with Crippen LogP contribution in [0.15, 0.2) is 82.2 Å². The first kappa shape index (κ1) is 25.2. The van der Waals surface area contributed by atoms with E-state index in [1.54, 1.807) is 42.1 Å². The van der Waals surface area contributed by atoms with Crippen LogP contribution in [0.1, 0.15) is 5.82 Å². The molecule has 4 N–H and O–H groups in total. The summed E-state index contributed by atoms with van der Waals surface area (Å²) in [7, 11) is 3.34. The molecule has 5 aromatic rings. The molecule has 11 heteroatoms. The minimum absolute atomic E-state index is 0.0233. The van der Waals surface area contributed by atoms with E-state index >= 15 is 0 Å². The molecule has 196 valence electrons. The van der Waals surface area contributed by atoms with Crippen LogP contribution < -0.4 is 15.8 Å². The molecule has 0 fully saturated rings. The zero-order chi connectivity index (χ0) is 27.5. The third kappa shape index (κ3) is 5.18. The van der Waals surface area contributed by atoms with Gasteiger partial charge in [0.15, 0.2) is 0 Å². The van der Waals surface area contributed by atoms with Crippen LogP contribution in [0.4, 0.5) is 11.4 Å². The van der Waals surface area contributed by atoms with Crippen molar-refractivity contribution < 1.29 is 19.1 Å². The van der Waals surface area contributed by atoms with Gasteiger partial charge in [0.2, 0.25) is 11.6 Å². The number of nitrogens with zero attached hydrogens (tertiary/aromatic N) is 5. The maximum absolute atomic E-state index is 12.3. The fourth-order valence-corrected chi connectivity index (χ4v) is 4.07. The number of hydrogen-bond acceptors (Lipinski definition) is 9. The summed E-state index contributed by atoms with van der Waals surface area (Å²) in [6, 6.07) is 14.2. The van der Waals surface area contributed by atoms with E-state index in [-0.39, 0.29) is 5.57 Å². The second kappa shape index (κ2) is 10.5.